The summed E-state index contributed by atoms with van der Waals surface area (Å²) < 4.78 is 5.03. The molecule has 23 heavy (non-hydrogen) atoms. The van der Waals surface area contributed by atoms with E-state index in [1.165, 1.54) is 7.11 Å². The van der Waals surface area contributed by atoms with E-state index in [2.05, 4.69) is 9.98 Å². The molecule has 1 aliphatic heterocycles. The van der Waals surface area contributed by atoms with Crippen molar-refractivity contribution in [2.24, 2.45) is 4.99 Å². The van der Waals surface area contributed by atoms with Crippen molar-refractivity contribution >= 4 is 28.6 Å². The third-order valence-electron chi connectivity index (χ3n) is 3.99. The topological polar surface area (TPSA) is 51.5 Å². The van der Waals surface area contributed by atoms with Gasteiger partial charge in [-0.15, -0.1) is 0 Å². The Balaban J connectivity index is 2.24. The minimum atomic E-state index is -0.360. The Morgan fingerprint density at radius 2 is 2.09 bits per heavy atom. The number of carbonyl (C=O) groups is 1. The summed E-state index contributed by atoms with van der Waals surface area (Å²) in [4.78, 5) is 21.5. The number of pyridine rings is 1. The molecule has 0 N–H and O–H groups in total. The van der Waals surface area contributed by atoms with Crippen LogP contribution in [0.25, 0.3) is 16.8 Å². The van der Waals surface area contributed by atoms with Gasteiger partial charge in [0.2, 0.25) is 0 Å². The van der Waals surface area contributed by atoms with Crippen LogP contribution in [0.5, 0.6) is 0 Å². The summed E-state index contributed by atoms with van der Waals surface area (Å²) in [6, 6.07) is 3.85. The lowest BCUT2D eigenvalue weighted by molar-refractivity contribution is 0.0601. The maximum Gasteiger partial charge on any atom is 0.340 e. The number of aliphatic imine (C=N–C) groups is 1. The van der Waals surface area contributed by atoms with Gasteiger partial charge in [-0.25, -0.2) is 4.79 Å². The largest absolute Gasteiger partial charge is 0.465 e. The minimum absolute atomic E-state index is 0.360. The molecule has 0 aliphatic carbocycles. The van der Waals surface area contributed by atoms with Gasteiger partial charge in [-0.1, -0.05) is 0 Å². The number of esters is 1. The van der Waals surface area contributed by atoms with Gasteiger partial charge < -0.3 is 4.74 Å². The molecule has 0 radical (unpaired) electrons. The first-order valence-corrected chi connectivity index (χ1v) is 8.40. The number of hydrogen-bond donors (Lipinski definition) is 0. The molecule has 2 aromatic heterocycles. The number of thiophene rings is 1. The van der Waals surface area contributed by atoms with Gasteiger partial charge in [0.25, 0.3) is 0 Å². The summed E-state index contributed by atoms with van der Waals surface area (Å²) in [5, 5.41) is 3.96. The quantitative estimate of drug-likeness (QED) is 0.776. The summed E-state index contributed by atoms with van der Waals surface area (Å²) >= 11 is 1.58. The molecule has 1 aliphatic rings. The molecule has 0 bridgehead atoms. The van der Waals surface area contributed by atoms with Gasteiger partial charge in [0.05, 0.1) is 18.4 Å². The minimum Gasteiger partial charge on any atom is -0.465 e. The molecule has 118 valence electrons. The molecule has 0 unspecified atom stereocenters. The lowest BCUT2D eigenvalue weighted by Crippen LogP contribution is -2.11. The fourth-order valence-electron chi connectivity index (χ4n) is 2.87. The third kappa shape index (κ3) is 2.97. The van der Waals surface area contributed by atoms with Crippen molar-refractivity contribution in [1.82, 2.24) is 4.98 Å². The molecule has 3 rings (SSSR count). The number of allylic oxidation sites excluding steroid dienone is 2. The molecule has 0 fully saturated rings. The second-order valence-electron chi connectivity index (χ2n) is 5.50. The third-order valence-corrected chi connectivity index (χ3v) is 4.68. The number of nitrogens with zero attached hydrogens (tertiary/aromatic N) is 2. The predicted octanol–water partition coefficient (Wildman–Crippen LogP) is 4.58. The Bertz CT molecular complexity index is 804. The lowest BCUT2D eigenvalue weighted by atomic mass is 9.91. The van der Waals surface area contributed by atoms with Crippen LogP contribution < -0.4 is 0 Å². The Kier molecular flexibility index (Phi) is 4.39. The van der Waals surface area contributed by atoms with Crippen LogP contribution in [0.15, 0.2) is 39.8 Å². The second kappa shape index (κ2) is 6.46. The van der Waals surface area contributed by atoms with Crippen LogP contribution in [0.1, 0.15) is 42.6 Å². The Labute approximate surface area is 139 Å². The Hall–Kier alpha value is -2.27. The highest BCUT2D eigenvalue weighted by molar-refractivity contribution is 7.08. The summed E-state index contributed by atoms with van der Waals surface area (Å²) in [5.74, 6) is -0.360. The van der Waals surface area contributed by atoms with E-state index in [0.29, 0.717) is 11.3 Å². The van der Waals surface area contributed by atoms with E-state index >= 15 is 0 Å². The van der Waals surface area contributed by atoms with E-state index in [1.54, 1.807) is 17.5 Å². The van der Waals surface area contributed by atoms with Crippen molar-refractivity contribution in [3.63, 3.8) is 0 Å². The van der Waals surface area contributed by atoms with Crippen molar-refractivity contribution in [2.75, 3.05) is 7.11 Å². The van der Waals surface area contributed by atoms with Crippen LogP contribution in [0.2, 0.25) is 0 Å². The van der Waals surface area contributed by atoms with Gasteiger partial charge in [-0.3, -0.25) is 9.98 Å². The number of hydrogen-bond acceptors (Lipinski definition) is 5. The number of methoxy groups -OCH3 is 1. The van der Waals surface area contributed by atoms with Crippen LogP contribution >= 0.6 is 11.3 Å². The number of aromatic nitrogens is 1. The highest BCUT2D eigenvalue weighted by Crippen LogP contribution is 2.35. The molecule has 0 atom stereocenters. The van der Waals surface area contributed by atoms with Crippen molar-refractivity contribution in [1.29, 1.82) is 0 Å². The molecule has 4 nitrogen and oxygen atoms in total. The normalized spacial score (nSPS) is 14.7. The monoisotopic (exact) mass is 326 g/mol. The average molecular weight is 326 g/mol. The fraction of sp³-hybridized carbons (Fsp3) is 0.278. The number of carbonyl (C=O) groups excluding carboxylic acids is 1. The molecule has 0 amide bonds. The van der Waals surface area contributed by atoms with E-state index in [9.17, 15) is 4.79 Å². The van der Waals surface area contributed by atoms with Crippen molar-refractivity contribution in [3.8, 4) is 11.3 Å². The average Bonchev–Trinajstić information content (AvgIpc) is 3.08. The summed E-state index contributed by atoms with van der Waals surface area (Å²) in [6.45, 7) is 4.02. The van der Waals surface area contributed by atoms with Crippen molar-refractivity contribution in [3.05, 3.63) is 45.9 Å². The molecule has 0 saturated heterocycles. The van der Waals surface area contributed by atoms with Gasteiger partial charge in [-0.05, 0) is 55.3 Å². The van der Waals surface area contributed by atoms with Crippen molar-refractivity contribution < 1.29 is 9.53 Å². The van der Waals surface area contributed by atoms with Crippen molar-refractivity contribution in [2.45, 2.75) is 26.7 Å². The Morgan fingerprint density at radius 3 is 2.74 bits per heavy atom. The van der Waals surface area contributed by atoms with Crippen LogP contribution in [0.4, 0.5) is 0 Å². The molecular weight excluding hydrogens is 308 g/mol. The van der Waals surface area contributed by atoms with Crippen LogP contribution in [0.3, 0.4) is 0 Å². The van der Waals surface area contributed by atoms with Gasteiger partial charge in [-0.2, -0.15) is 11.3 Å². The van der Waals surface area contributed by atoms with Gasteiger partial charge in [0, 0.05) is 28.5 Å². The first-order valence-electron chi connectivity index (χ1n) is 7.46. The summed E-state index contributed by atoms with van der Waals surface area (Å²) in [7, 11) is 1.40. The lowest BCUT2D eigenvalue weighted by Gasteiger charge is -2.19. The maximum atomic E-state index is 12.4. The predicted molar refractivity (Wildman–Crippen MR) is 93.8 cm³/mol. The van der Waals surface area contributed by atoms with E-state index in [1.807, 2.05) is 36.7 Å². The molecule has 0 spiro atoms. The van der Waals surface area contributed by atoms with Gasteiger partial charge in [0.15, 0.2) is 0 Å². The zero-order chi connectivity index (χ0) is 16.4. The second-order valence-corrected chi connectivity index (χ2v) is 6.28. The Morgan fingerprint density at radius 1 is 1.26 bits per heavy atom. The fourth-order valence-corrected chi connectivity index (χ4v) is 3.51. The first kappa shape index (κ1) is 15.6. The van der Waals surface area contributed by atoms with E-state index in [-0.39, 0.29) is 5.97 Å². The van der Waals surface area contributed by atoms with E-state index < -0.39 is 0 Å². The van der Waals surface area contributed by atoms with Crippen LogP contribution in [-0.2, 0) is 4.74 Å². The van der Waals surface area contributed by atoms with Gasteiger partial charge >= 0.3 is 5.97 Å². The molecule has 3 heterocycles. The molecule has 5 heteroatoms. The molecule has 0 saturated carbocycles. The summed E-state index contributed by atoms with van der Waals surface area (Å²) in [6.07, 6.45) is 3.53. The number of ether oxygens (including phenoxy) is 1. The maximum absolute atomic E-state index is 12.4. The summed E-state index contributed by atoms with van der Waals surface area (Å²) in [5.41, 5.74) is 6.18. The molecule has 2 aromatic rings. The molecule has 0 aromatic carbocycles. The van der Waals surface area contributed by atoms with Gasteiger partial charge in [0.1, 0.15) is 0 Å². The highest BCUT2D eigenvalue weighted by Gasteiger charge is 2.24. The van der Waals surface area contributed by atoms with Crippen LogP contribution in [0, 0.1) is 0 Å². The highest BCUT2D eigenvalue weighted by atomic mass is 32.1. The van der Waals surface area contributed by atoms with E-state index in [0.717, 1.165) is 41.0 Å². The smallest absolute Gasteiger partial charge is 0.340 e. The van der Waals surface area contributed by atoms with E-state index in [4.69, 9.17) is 4.74 Å². The van der Waals surface area contributed by atoms with Crippen LogP contribution in [-0.4, -0.2) is 23.8 Å². The zero-order valence-corrected chi connectivity index (χ0v) is 14.2. The molecular formula is C18H18N2O2S. The zero-order valence-electron chi connectivity index (χ0n) is 13.4. The number of rotatable bonds is 3. The standard InChI is InChI=1S/C18H18N2O2S/c1-11-4-5-14(12(2)20-11)15-6-8-19-17(13-7-9-23-10-13)16(15)18(21)22-3/h6-10H,4-5H2,1-3H3. The SMILES string of the molecule is COC(=O)c1c(C2=C(C)N=C(C)CC2)ccnc1-c1ccsc1. The first-order chi connectivity index (χ1) is 11.1.